The second-order valence-corrected chi connectivity index (χ2v) is 10.3. The Hall–Kier alpha value is -2.19. The van der Waals surface area contributed by atoms with Crippen molar-refractivity contribution in [3.05, 3.63) is 66.6 Å². The van der Waals surface area contributed by atoms with Crippen molar-refractivity contribution in [2.45, 2.75) is 45.9 Å². The lowest BCUT2D eigenvalue weighted by atomic mass is 9.84. The minimum atomic E-state index is -0.167. The number of carbonyl (C=O) groups is 1. The highest BCUT2D eigenvalue weighted by Gasteiger charge is 2.42. The summed E-state index contributed by atoms with van der Waals surface area (Å²) < 4.78 is 11.3. The highest BCUT2D eigenvalue weighted by molar-refractivity contribution is 6.35. The van der Waals surface area contributed by atoms with E-state index in [1.807, 2.05) is 26.8 Å². The number of hydrogen-bond acceptors (Lipinski definition) is 5. The van der Waals surface area contributed by atoms with E-state index in [1.54, 1.807) is 12.0 Å². The first-order valence-electron chi connectivity index (χ1n) is 11.9. The van der Waals surface area contributed by atoms with Crippen molar-refractivity contribution in [2.75, 3.05) is 40.0 Å². The van der Waals surface area contributed by atoms with Gasteiger partial charge < -0.3 is 19.4 Å². The smallest absolute Gasteiger partial charge is 0.255 e. The van der Waals surface area contributed by atoms with Crippen LogP contribution in [0.4, 0.5) is 0 Å². The first kappa shape index (κ1) is 23.5. The number of benzene rings is 1. The van der Waals surface area contributed by atoms with Crippen LogP contribution in [-0.4, -0.2) is 66.7 Å². The molecular formula is C26H32ClN3O4. The Bertz CT molecular complexity index is 1180. The predicted octanol–water partition coefficient (Wildman–Crippen LogP) is 3.17. The summed E-state index contributed by atoms with van der Waals surface area (Å²) in [6, 6.07) is 4.55. The lowest BCUT2D eigenvalue weighted by Crippen LogP contribution is -2.60. The van der Waals surface area contributed by atoms with Crippen LogP contribution in [0, 0.1) is 26.7 Å². The van der Waals surface area contributed by atoms with Crippen molar-refractivity contribution in [1.29, 1.82) is 0 Å². The highest BCUT2D eigenvalue weighted by atomic mass is 35.5. The molecule has 0 radical (unpaired) electrons. The minimum absolute atomic E-state index is 0.118. The molecule has 3 aliphatic heterocycles. The summed E-state index contributed by atoms with van der Waals surface area (Å²) in [5.41, 5.74) is 5.70. The molecule has 1 aromatic carbocycles. The Morgan fingerprint density at radius 1 is 1.18 bits per heavy atom. The van der Waals surface area contributed by atoms with Gasteiger partial charge in [0.05, 0.1) is 42.5 Å². The number of nitrogens with one attached hydrogen (secondary N) is 1. The van der Waals surface area contributed by atoms with Gasteiger partial charge in [-0.2, -0.15) is 0 Å². The molecule has 2 saturated heterocycles. The van der Waals surface area contributed by atoms with Crippen molar-refractivity contribution in [3.8, 4) is 0 Å². The number of carbonyl (C=O) groups excluding carboxylic acids is 1. The average Bonchev–Trinajstić information content (AvgIpc) is 2.72. The number of amides is 1. The molecule has 1 unspecified atom stereocenters. The Labute approximate surface area is 205 Å². The van der Waals surface area contributed by atoms with Crippen LogP contribution < -0.4 is 5.56 Å². The Morgan fingerprint density at radius 3 is 2.53 bits per heavy atom. The second kappa shape index (κ2) is 9.11. The molecule has 1 N–H and O–H groups in total. The van der Waals surface area contributed by atoms with Crippen molar-refractivity contribution >= 4 is 17.5 Å². The second-order valence-electron chi connectivity index (χ2n) is 9.93. The number of pyridine rings is 1. The molecule has 182 valence electrons. The van der Waals surface area contributed by atoms with Gasteiger partial charge in [0.15, 0.2) is 0 Å². The predicted molar refractivity (Wildman–Crippen MR) is 131 cm³/mol. The lowest BCUT2D eigenvalue weighted by Gasteiger charge is -2.49. The van der Waals surface area contributed by atoms with Crippen LogP contribution >= 0.6 is 11.6 Å². The van der Waals surface area contributed by atoms with Gasteiger partial charge in [0.25, 0.3) is 11.5 Å². The number of aryl methyl sites for hydroxylation is 3. The van der Waals surface area contributed by atoms with E-state index in [4.69, 9.17) is 21.1 Å². The summed E-state index contributed by atoms with van der Waals surface area (Å²) in [5.74, 6) is 0.205. The van der Waals surface area contributed by atoms with E-state index in [9.17, 15) is 9.59 Å². The normalized spacial score (nSPS) is 20.1. The average molecular weight is 486 g/mol. The van der Waals surface area contributed by atoms with Gasteiger partial charge >= 0.3 is 0 Å². The number of aromatic amines is 1. The molecule has 0 spiro atoms. The summed E-state index contributed by atoms with van der Waals surface area (Å²) in [6.07, 6.45) is 0.547. The topological polar surface area (TPSA) is 74.9 Å². The number of methoxy groups -OCH3 is 1. The molecule has 0 saturated carbocycles. The zero-order valence-corrected chi connectivity index (χ0v) is 21.0. The van der Waals surface area contributed by atoms with Crippen molar-refractivity contribution < 1.29 is 14.3 Å². The maximum absolute atomic E-state index is 13.7. The van der Waals surface area contributed by atoms with Gasteiger partial charge in [0.2, 0.25) is 0 Å². The minimum Gasteiger partial charge on any atom is -0.378 e. The molecule has 7 nitrogen and oxygen atoms in total. The number of halogens is 1. The molecule has 3 aliphatic rings. The SMILES string of the molecule is COC(c1cc(C)c2c(c1Cl)C(=O)N(Cc1c(C)cc(C)[nH]c1=O)CC2)C1CN(C2COC2)C1. The standard InChI is InChI=1S/C26H32ClN3O4/c1-14-7-16(3)28-25(31)21(14)11-29-6-5-19-15(2)8-20(23(27)22(19)26(29)32)24(33-4)17-9-30(10-17)18-12-34-13-18/h7-8,17-18,24H,5-6,9-13H2,1-4H3,(H,28,31). The lowest BCUT2D eigenvalue weighted by molar-refractivity contribution is -0.125. The van der Waals surface area contributed by atoms with E-state index in [0.717, 1.165) is 54.3 Å². The monoisotopic (exact) mass is 485 g/mol. The van der Waals surface area contributed by atoms with E-state index in [-0.39, 0.29) is 24.1 Å². The summed E-state index contributed by atoms with van der Waals surface area (Å²) >= 11 is 6.95. The maximum Gasteiger partial charge on any atom is 0.255 e. The van der Waals surface area contributed by atoms with Crippen molar-refractivity contribution in [3.63, 3.8) is 0 Å². The fourth-order valence-electron chi connectivity index (χ4n) is 5.58. The van der Waals surface area contributed by atoms with E-state index >= 15 is 0 Å². The summed E-state index contributed by atoms with van der Waals surface area (Å²) in [6.45, 7) is 10.1. The summed E-state index contributed by atoms with van der Waals surface area (Å²) in [7, 11) is 1.71. The van der Waals surface area contributed by atoms with E-state index in [1.165, 1.54) is 0 Å². The molecule has 0 aliphatic carbocycles. The van der Waals surface area contributed by atoms with Crippen molar-refractivity contribution in [2.24, 2.45) is 5.92 Å². The van der Waals surface area contributed by atoms with E-state index in [2.05, 4.69) is 16.0 Å². The molecular weight excluding hydrogens is 454 g/mol. The third kappa shape index (κ3) is 3.98. The first-order chi connectivity index (χ1) is 16.3. The first-order valence-corrected chi connectivity index (χ1v) is 12.3. The molecule has 1 amide bonds. The van der Waals surface area contributed by atoms with Crippen LogP contribution in [0.3, 0.4) is 0 Å². The van der Waals surface area contributed by atoms with Gasteiger partial charge in [-0.25, -0.2) is 0 Å². The number of rotatable bonds is 6. The quantitative estimate of drug-likeness (QED) is 0.680. The van der Waals surface area contributed by atoms with Gasteiger partial charge in [-0.15, -0.1) is 0 Å². The molecule has 8 heteroatoms. The van der Waals surface area contributed by atoms with Crippen molar-refractivity contribution in [1.82, 2.24) is 14.8 Å². The van der Waals surface area contributed by atoms with Gasteiger partial charge in [-0.1, -0.05) is 17.7 Å². The van der Waals surface area contributed by atoms with Crippen LogP contribution in [0.2, 0.25) is 5.02 Å². The van der Waals surface area contributed by atoms with E-state index < -0.39 is 0 Å². The third-order valence-corrected chi connectivity index (χ3v) is 8.07. The number of likely N-dealkylation sites (tertiary alicyclic amines) is 1. The third-order valence-electron chi connectivity index (χ3n) is 7.66. The van der Waals surface area contributed by atoms with Crippen LogP contribution in [0.15, 0.2) is 16.9 Å². The largest absolute Gasteiger partial charge is 0.378 e. The maximum atomic E-state index is 13.7. The van der Waals surface area contributed by atoms with Crippen LogP contribution in [0.25, 0.3) is 0 Å². The Balaban J connectivity index is 1.42. The zero-order chi connectivity index (χ0) is 24.1. The molecule has 34 heavy (non-hydrogen) atoms. The fourth-order valence-corrected chi connectivity index (χ4v) is 5.94. The Kier molecular flexibility index (Phi) is 6.31. The molecule has 2 fully saturated rings. The fraction of sp³-hybridized carbons (Fsp3) is 0.538. The molecule has 5 rings (SSSR count). The zero-order valence-electron chi connectivity index (χ0n) is 20.2. The van der Waals surface area contributed by atoms with Crippen LogP contribution in [0.1, 0.15) is 50.0 Å². The summed E-state index contributed by atoms with van der Waals surface area (Å²) in [5, 5.41) is 0.488. The number of nitrogens with zero attached hydrogens (tertiary/aromatic N) is 2. The van der Waals surface area contributed by atoms with Gasteiger partial charge in [-0.05, 0) is 49.9 Å². The molecule has 1 atom stereocenters. The van der Waals surface area contributed by atoms with Gasteiger partial charge in [-0.3, -0.25) is 14.5 Å². The molecule has 4 heterocycles. The Morgan fingerprint density at radius 2 is 1.91 bits per heavy atom. The molecule has 0 bridgehead atoms. The van der Waals surface area contributed by atoms with Crippen LogP contribution in [0.5, 0.6) is 0 Å². The number of fused-ring (bicyclic) bond motifs is 1. The number of hydrogen-bond donors (Lipinski definition) is 1. The summed E-state index contributed by atoms with van der Waals surface area (Å²) in [4.78, 5) is 33.2. The highest BCUT2D eigenvalue weighted by Crippen LogP contribution is 2.41. The number of aromatic nitrogens is 1. The molecule has 1 aromatic heterocycles. The van der Waals surface area contributed by atoms with E-state index in [0.29, 0.717) is 41.1 Å². The van der Waals surface area contributed by atoms with Crippen LogP contribution in [-0.2, 0) is 22.4 Å². The number of H-pyrrole nitrogens is 1. The van der Waals surface area contributed by atoms with Gasteiger partial charge in [0, 0.05) is 49.5 Å². The molecule has 2 aromatic rings. The number of ether oxygens (including phenoxy) is 2. The van der Waals surface area contributed by atoms with Gasteiger partial charge in [0.1, 0.15) is 0 Å².